The van der Waals surface area contributed by atoms with Crippen molar-refractivity contribution < 1.29 is 14.4 Å². The Morgan fingerprint density at radius 2 is 2.55 bits per heavy atom. The Balaban J connectivity index is 1.86. The molecule has 0 saturated carbocycles. The minimum Gasteiger partial charge on any atom is -0.394 e. The first-order valence-electron chi connectivity index (χ1n) is 6.43. The van der Waals surface area contributed by atoms with E-state index in [4.69, 9.17) is 9.26 Å². The average Bonchev–Trinajstić information content (AvgIpc) is 3.09. The summed E-state index contributed by atoms with van der Waals surface area (Å²) in [6.07, 6.45) is 3.22. The van der Waals surface area contributed by atoms with Gasteiger partial charge in [-0.05, 0) is 7.05 Å². The Morgan fingerprint density at radius 3 is 3.20 bits per heavy atom. The summed E-state index contributed by atoms with van der Waals surface area (Å²) < 4.78 is 13.0. The highest BCUT2D eigenvalue weighted by Gasteiger charge is 2.37. The van der Waals surface area contributed by atoms with Gasteiger partial charge in [0.2, 0.25) is 0 Å². The number of rotatable bonds is 4. The van der Waals surface area contributed by atoms with Gasteiger partial charge in [0.1, 0.15) is 24.2 Å². The highest BCUT2D eigenvalue weighted by Crippen LogP contribution is 2.36. The van der Waals surface area contributed by atoms with E-state index >= 15 is 0 Å². The van der Waals surface area contributed by atoms with E-state index in [1.807, 2.05) is 11.6 Å². The highest BCUT2D eigenvalue weighted by molar-refractivity contribution is 7.09. The van der Waals surface area contributed by atoms with Crippen LogP contribution in [0.2, 0.25) is 0 Å². The monoisotopic (exact) mass is 299 g/mol. The molecule has 0 amide bonds. The molecule has 5 atom stereocenters. The first-order valence-corrected chi connectivity index (χ1v) is 6.90. The quantitative estimate of drug-likeness (QED) is 0.668. The number of nitrogens with zero attached hydrogens (tertiary/aromatic N) is 3. The summed E-state index contributed by atoms with van der Waals surface area (Å²) in [5.74, 6) is 0.759. The second-order valence-corrected chi connectivity index (χ2v) is 5.00. The van der Waals surface area contributed by atoms with Crippen molar-refractivity contribution >= 4 is 21.6 Å². The summed E-state index contributed by atoms with van der Waals surface area (Å²) in [5.41, 5.74) is 0.828. The Labute approximate surface area is 118 Å². The van der Waals surface area contributed by atoms with Gasteiger partial charge in [0.15, 0.2) is 5.82 Å². The van der Waals surface area contributed by atoms with Crippen LogP contribution in [0.4, 0.5) is 5.82 Å². The fourth-order valence-electron chi connectivity index (χ4n) is 2.57. The van der Waals surface area contributed by atoms with Gasteiger partial charge in [-0.3, -0.25) is 9.88 Å². The number of aromatic nitrogens is 2. The first kappa shape index (κ1) is 13.9. The second kappa shape index (κ2) is 5.75. The number of nitrogens with one attached hydrogen (secondary N) is 2. The maximum atomic E-state index is 9.31. The van der Waals surface area contributed by atoms with E-state index in [0.29, 0.717) is 6.42 Å². The van der Waals surface area contributed by atoms with Crippen molar-refractivity contribution in [2.75, 3.05) is 13.7 Å². The number of aliphatic hydroxyl groups excluding tert-OH is 1. The molecule has 0 radical (unpaired) electrons. The molecule has 2 aliphatic rings. The number of aliphatic hydroxyl groups is 1. The first-order chi connectivity index (χ1) is 9.78. The summed E-state index contributed by atoms with van der Waals surface area (Å²) in [7, 11) is 4.08. The van der Waals surface area contributed by atoms with Gasteiger partial charge in [-0.2, -0.15) is 0 Å². The van der Waals surface area contributed by atoms with E-state index < -0.39 is 0 Å². The molecule has 1 aromatic heterocycles. The van der Waals surface area contributed by atoms with Gasteiger partial charge in [0.25, 0.3) is 0 Å². The molecule has 8 nitrogen and oxygen atoms in total. The molecule has 0 spiro atoms. The molecular weight excluding hydrogens is 281 g/mol. The van der Waals surface area contributed by atoms with Gasteiger partial charge in [-0.15, -0.1) is 0 Å². The number of aliphatic imine (C=N–C) groups is 1. The Bertz CT molecular complexity index is 496. The third kappa shape index (κ3) is 2.23. The van der Waals surface area contributed by atoms with Crippen LogP contribution in [0.5, 0.6) is 0 Å². The molecule has 3 heterocycles. The Morgan fingerprint density at radius 1 is 1.70 bits per heavy atom. The lowest BCUT2D eigenvalue weighted by Gasteiger charge is -2.20. The Kier molecular flexibility index (Phi) is 4.00. The number of fused-ring (bicyclic) bond motifs is 1. The molecule has 1 fully saturated rings. The number of hydrogen-bond acceptors (Lipinski definition) is 7. The summed E-state index contributed by atoms with van der Waals surface area (Å²) >= 11 is 0. The van der Waals surface area contributed by atoms with Crippen LogP contribution in [0.3, 0.4) is 0 Å². The smallest absolute Gasteiger partial charge is 0.162 e. The van der Waals surface area contributed by atoms with Crippen molar-refractivity contribution in [3.63, 3.8) is 0 Å². The molecule has 1 saturated heterocycles. The van der Waals surface area contributed by atoms with Gasteiger partial charge in [-0.25, -0.2) is 9.98 Å². The fourth-order valence-corrected chi connectivity index (χ4v) is 2.85. The summed E-state index contributed by atoms with van der Waals surface area (Å²) in [6, 6.07) is 0. The molecule has 9 heteroatoms. The van der Waals surface area contributed by atoms with Gasteiger partial charge < -0.3 is 19.7 Å². The Hall–Kier alpha value is -1.05. The van der Waals surface area contributed by atoms with Gasteiger partial charge in [0.05, 0.1) is 25.4 Å². The van der Waals surface area contributed by atoms with E-state index in [-0.39, 0.29) is 31.2 Å². The second-order valence-electron chi connectivity index (χ2n) is 4.73. The number of hydrogen-bond donors (Lipinski definition) is 3. The third-order valence-corrected chi connectivity index (χ3v) is 3.98. The maximum absolute atomic E-state index is 9.31. The number of imidazole rings is 1. The minimum atomic E-state index is -0.332. The van der Waals surface area contributed by atoms with Gasteiger partial charge >= 0.3 is 0 Å². The van der Waals surface area contributed by atoms with Crippen LogP contribution in [-0.4, -0.2) is 46.9 Å². The molecule has 2 aliphatic heterocycles. The van der Waals surface area contributed by atoms with Gasteiger partial charge in [0, 0.05) is 15.9 Å². The normalized spacial score (nSPS) is 32.1. The standard InChI is InChI=1S/C11H18N5O3P/c1-12-10-9-11(14-4-13-10)16(5-15-9)8-2-6(19-20)7(3-17)18-8/h4-8,10,12,17H,2-3,20H2,1H3,(H,13,14)/t6-,7-,8-,10?/m1/s1. The van der Waals surface area contributed by atoms with Crippen molar-refractivity contribution in [1.82, 2.24) is 20.2 Å². The SMILES string of the molecule is CNC1NC=Nc2c1ncn2[C@H]1C[C@@H](OP)[C@@H](CO)O1. The number of ether oxygens (including phenoxy) is 1. The van der Waals surface area contributed by atoms with E-state index in [1.165, 1.54) is 0 Å². The van der Waals surface area contributed by atoms with E-state index in [1.54, 1.807) is 12.7 Å². The minimum absolute atomic E-state index is 0.0624. The largest absolute Gasteiger partial charge is 0.394 e. The zero-order valence-corrected chi connectivity index (χ0v) is 12.2. The van der Waals surface area contributed by atoms with Crippen molar-refractivity contribution in [1.29, 1.82) is 0 Å². The van der Waals surface area contributed by atoms with Crippen LogP contribution < -0.4 is 10.6 Å². The lowest BCUT2D eigenvalue weighted by molar-refractivity contribution is -0.0379. The zero-order chi connectivity index (χ0) is 14.1. The lowest BCUT2D eigenvalue weighted by Crippen LogP contribution is -2.33. The van der Waals surface area contributed by atoms with Crippen LogP contribution in [0.25, 0.3) is 0 Å². The van der Waals surface area contributed by atoms with Crippen molar-refractivity contribution in [3.8, 4) is 0 Å². The van der Waals surface area contributed by atoms with Crippen molar-refractivity contribution in [3.05, 3.63) is 12.0 Å². The highest BCUT2D eigenvalue weighted by atomic mass is 31.0. The van der Waals surface area contributed by atoms with Gasteiger partial charge in [-0.1, -0.05) is 0 Å². The van der Waals surface area contributed by atoms with E-state index in [2.05, 4.69) is 30.1 Å². The molecule has 110 valence electrons. The fraction of sp³-hybridized carbons (Fsp3) is 0.636. The van der Waals surface area contributed by atoms with Crippen LogP contribution in [0.1, 0.15) is 24.5 Å². The molecule has 0 aromatic carbocycles. The molecule has 3 rings (SSSR count). The molecule has 1 aromatic rings. The summed E-state index contributed by atoms with van der Waals surface area (Å²) in [5, 5.41) is 15.5. The van der Waals surface area contributed by atoms with Crippen LogP contribution in [0, 0.1) is 0 Å². The molecule has 2 unspecified atom stereocenters. The zero-order valence-electron chi connectivity index (χ0n) is 11.1. The van der Waals surface area contributed by atoms with E-state index in [9.17, 15) is 5.11 Å². The maximum Gasteiger partial charge on any atom is 0.162 e. The molecule has 3 N–H and O–H groups in total. The predicted octanol–water partition coefficient (Wildman–Crippen LogP) is -0.181. The average molecular weight is 299 g/mol. The van der Waals surface area contributed by atoms with Crippen molar-refractivity contribution in [2.45, 2.75) is 31.0 Å². The molecule has 0 bridgehead atoms. The molecular formula is C11H18N5O3P. The summed E-state index contributed by atoms with van der Waals surface area (Å²) in [6.45, 7) is -0.0730. The molecule has 0 aliphatic carbocycles. The lowest BCUT2D eigenvalue weighted by atomic mass is 10.2. The topological polar surface area (TPSA) is 92.9 Å². The summed E-state index contributed by atoms with van der Waals surface area (Å²) in [4.78, 5) is 8.72. The van der Waals surface area contributed by atoms with Crippen LogP contribution >= 0.6 is 9.47 Å². The third-order valence-electron chi connectivity index (χ3n) is 3.63. The van der Waals surface area contributed by atoms with Crippen LogP contribution in [0.15, 0.2) is 11.3 Å². The molecule has 20 heavy (non-hydrogen) atoms. The van der Waals surface area contributed by atoms with E-state index in [0.717, 1.165) is 11.5 Å². The van der Waals surface area contributed by atoms with Crippen molar-refractivity contribution in [2.24, 2.45) is 4.99 Å². The van der Waals surface area contributed by atoms with Crippen LogP contribution in [-0.2, 0) is 9.26 Å². The predicted molar refractivity (Wildman–Crippen MR) is 75.5 cm³/mol.